The maximum Gasteiger partial charge on any atom is 0.306 e. The quantitative estimate of drug-likeness (QED) is 0.0261. The minimum Gasteiger partial charge on any atom is -0.462 e. The Balaban J connectivity index is 4.42. The molecule has 1 atom stereocenters. The first kappa shape index (κ1) is 70.8. The van der Waals surface area contributed by atoms with Crippen LogP contribution in [0.1, 0.15) is 278 Å². The van der Waals surface area contributed by atoms with Gasteiger partial charge in [-0.15, -0.1) is 0 Å². The summed E-state index contributed by atoms with van der Waals surface area (Å²) in [6, 6.07) is 0. The van der Waals surface area contributed by atoms with Gasteiger partial charge in [0.1, 0.15) is 13.2 Å². The zero-order valence-corrected chi connectivity index (χ0v) is 48.8. The molecule has 1 unspecified atom stereocenters. The average molecular weight is 1040 g/mol. The fourth-order valence-electron chi connectivity index (χ4n) is 8.34. The van der Waals surface area contributed by atoms with Crippen LogP contribution in [0.3, 0.4) is 0 Å². The van der Waals surface area contributed by atoms with Crippen molar-refractivity contribution < 1.29 is 28.6 Å². The second kappa shape index (κ2) is 62.4. The summed E-state index contributed by atoms with van der Waals surface area (Å²) in [6.45, 7) is 6.36. The number of rotatable bonds is 55. The lowest BCUT2D eigenvalue weighted by atomic mass is 10.1. The molecule has 0 N–H and O–H groups in total. The van der Waals surface area contributed by atoms with Crippen LogP contribution in [0.5, 0.6) is 0 Å². The van der Waals surface area contributed by atoms with Gasteiger partial charge >= 0.3 is 17.9 Å². The van der Waals surface area contributed by atoms with E-state index in [4.69, 9.17) is 14.2 Å². The Bertz CT molecular complexity index is 1570. The molecular weight excluding hydrogens is 925 g/mol. The second-order valence-corrected chi connectivity index (χ2v) is 20.2. The van der Waals surface area contributed by atoms with E-state index in [1.165, 1.54) is 122 Å². The van der Waals surface area contributed by atoms with Crippen molar-refractivity contribution in [2.24, 2.45) is 0 Å². The highest BCUT2D eigenvalue weighted by Crippen LogP contribution is 2.15. The Labute approximate surface area is 462 Å². The molecule has 0 fully saturated rings. The van der Waals surface area contributed by atoms with Crippen molar-refractivity contribution in [3.05, 3.63) is 122 Å². The zero-order chi connectivity index (χ0) is 54.3. The summed E-state index contributed by atoms with van der Waals surface area (Å²) in [4.78, 5) is 38.3. The molecule has 0 rings (SSSR count). The van der Waals surface area contributed by atoms with Crippen LogP contribution in [0.25, 0.3) is 0 Å². The Morgan fingerprint density at radius 3 is 0.840 bits per heavy atom. The number of esters is 3. The molecule has 0 aromatic carbocycles. The van der Waals surface area contributed by atoms with E-state index >= 15 is 0 Å². The molecule has 0 aromatic rings. The van der Waals surface area contributed by atoms with Crippen LogP contribution >= 0.6 is 0 Å². The van der Waals surface area contributed by atoms with E-state index in [2.05, 4.69) is 142 Å². The fraction of sp³-hybridized carbons (Fsp3) is 0.667. The molecule has 0 radical (unpaired) electrons. The fourth-order valence-corrected chi connectivity index (χ4v) is 8.34. The van der Waals surface area contributed by atoms with Gasteiger partial charge in [-0.25, -0.2) is 0 Å². The molecule has 0 aromatic heterocycles. The monoisotopic (exact) mass is 1040 g/mol. The summed E-state index contributed by atoms with van der Waals surface area (Å²) in [7, 11) is 0. The Hall–Kier alpha value is -4.19. The van der Waals surface area contributed by atoms with Crippen molar-refractivity contribution in [2.45, 2.75) is 284 Å². The predicted molar refractivity (Wildman–Crippen MR) is 325 cm³/mol. The molecule has 0 bridgehead atoms. The number of carbonyl (C=O) groups is 3. The lowest BCUT2D eigenvalue weighted by molar-refractivity contribution is -0.167. The Kier molecular flexibility index (Phi) is 58.9. The SMILES string of the molecule is CC/C=C\C/C=C\C/C=C\C/C=C\CCCCCCCCCCCCC(=O)OCC(COC(=O)CCCC/C=C\C/C=C\C/C=C\C/C=C\CC)OC(=O)CCCCCCCCCCC/C=C\C/C=C\CCCCC. The number of hydrogen-bond donors (Lipinski definition) is 0. The van der Waals surface area contributed by atoms with Crippen LogP contribution in [0.15, 0.2) is 122 Å². The van der Waals surface area contributed by atoms with E-state index in [1.807, 2.05) is 0 Å². The van der Waals surface area contributed by atoms with E-state index in [-0.39, 0.29) is 31.1 Å². The predicted octanol–water partition coefficient (Wildman–Crippen LogP) is 21.2. The lowest BCUT2D eigenvalue weighted by Crippen LogP contribution is -2.30. The van der Waals surface area contributed by atoms with E-state index in [0.717, 1.165) is 116 Å². The van der Waals surface area contributed by atoms with E-state index in [1.54, 1.807) is 0 Å². The largest absolute Gasteiger partial charge is 0.462 e. The van der Waals surface area contributed by atoms with Crippen LogP contribution in [0.2, 0.25) is 0 Å². The van der Waals surface area contributed by atoms with Gasteiger partial charge in [-0.1, -0.05) is 251 Å². The zero-order valence-electron chi connectivity index (χ0n) is 48.8. The maximum atomic E-state index is 12.9. The van der Waals surface area contributed by atoms with E-state index < -0.39 is 6.10 Å². The average Bonchev–Trinajstić information content (AvgIpc) is 3.41. The summed E-state index contributed by atoms with van der Waals surface area (Å²) in [5, 5.41) is 0. The maximum absolute atomic E-state index is 12.9. The number of carbonyl (C=O) groups excluding carboxylic acids is 3. The molecule has 0 spiro atoms. The molecule has 0 saturated heterocycles. The molecular formula is C69H114O6. The number of ether oxygens (including phenoxy) is 3. The first-order chi connectivity index (χ1) is 37.0. The molecule has 0 aliphatic carbocycles. The van der Waals surface area contributed by atoms with E-state index in [0.29, 0.717) is 19.3 Å². The normalized spacial score (nSPS) is 12.9. The van der Waals surface area contributed by atoms with Gasteiger partial charge in [0.15, 0.2) is 6.10 Å². The highest BCUT2D eigenvalue weighted by molar-refractivity contribution is 5.71. The summed E-state index contributed by atoms with van der Waals surface area (Å²) >= 11 is 0. The molecule has 6 heteroatoms. The van der Waals surface area contributed by atoms with Crippen LogP contribution in [0.4, 0.5) is 0 Å². The first-order valence-electron chi connectivity index (χ1n) is 31.0. The van der Waals surface area contributed by atoms with Crippen molar-refractivity contribution >= 4 is 17.9 Å². The highest BCUT2D eigenvalue weighted by Gasteiger charge is 2.19. The molecule has 0 aliphatic rings. The standard InChI is InChI=1S/C69H114O6/c1-4-7-10-13-16-19-22-25-28-30-32-33-34-35-37-38-41-44-47-50-53-56-59-62-68(71)74-65-66(64-73-67(70)61-58-55-52-49-46-43-40-27-24-21-18-15-12-9-6-3)75-69(72)63-60-57-54-51-48-45-42-39-36-31-29-26-23-20-17-14-11-8-5-2/h7,9-10,12,16-21,25-29,32-33,40,46,49,66H,4-6,8,11,13-15,22-24,30-31,34-39,41-45,47-48,50-65H2,1-3H3/b10-7-,12-9-,19-16-,20-17-,21-18-,28-25-,29-26-,33-32-,40-27-,49-46-. The summed E-state index contributed by atoms with van der Waals surface area (Å²) in [6.07, 6.45) is 86.2. The van der Waals surface area contributed by atoms with Gasteiger partial charge in [0.05, 0.1) is 0 Å². The first-order valence-corrected chi connectivity index (χ1v) is 31.0. The van der Waals surface area contributed by atoms with Gasteiger partial charge in [-0.05, 0) is 128 Å². The molecule has 426 valence electrons. The van der Waals surface area contributed by atoms with Crippen LogP contribution in [-0.4, -0.2) is 37.2 Å². The van der Waals surface area contributed by atoms with Gasteiger partial charge < -0.3 is 14.2 Å². The molecule has 6 nitrogen and oxygen atoms in total. The van der Waals surface area contributed by atoms with E-state index in [9.17, 15) is 14.4 Å². The van der Waals surface area contributed by atoms with Crippen molar-refractivity contribution in [1.82, 2.24) is 0 Å². The third-order valence-electron chi connectivity index (χ3n) is 12.9. The highest BCUT2D eigenvalue weighted by atomic mass is 16.6. The van der Waals surface area contributed by atoms with Crippen molar-refractivity contribution in [1.29, 1.82) is 0 Å². The summed E-state index contributed by atoms with van der Waals surface area (Å²) in [5.41, 5.74) is 0. The molecule has 0 amide bonds. The van der Waals surface area contributed by atoms with Crippen LogP contribution in [-0.2, 0) is 28.6 Å². The Morgan fingerprint density at radius 2 is 0.520 bits per heavy atom. The number of hydrogen-bond acceptors (Lipinski definition) is 6. The molecule has 75 heavy (non-hydrogen) atoms. The second-order valence-electron chi connectivity index (χ2n) is 20.2. The van der Waals surface area contributed by atoms with Crippen molar-refractivity contribution in [3.8, 4) is 0 Å². The van der Waals surface area contributed by atoms with Crippen LogP contribution in [0, 0.1) is 0 Å². The summed E-state index contributed by atoms with van der Waals surface area (Å²) < 4.78 is 16.9. The van der Waals surface area contributed by atoms with Crippen molar-refractivity contribution in [2.75, 3.05) is 13.2 Å². The van der Waals surface area contributed by atoms with Gasteiger partial charge in [-0.2, -0.15) is 0 Å². The van der Waals surface area contributed by atoms with Crippen LogP contribution < -0.4 is 0 Å². The minimum atomic E-state index is -0.804. The molecule has 0 heterocycles. The van der Waals surface area contributed by atoms with Gasteiger partial charge in [-0.3, -0.25) is 14.4 Å². The third-order valence-corrected chi connectivity index (χ3v) is 12.9. The van der Waals surface area contributed by atoms with Crippen molar-refractivity contribution in [3.63, 3.8) is 0 Å². The number of unbranched alkanes of at least 4 members (excludes halogenated alkanes) is 24. The van der Waals surface area contributed by atoms with Gasteiger partial charge in [0.2, 0.25) is 0 Å². The van der Waals surface area contributed by atoms with Gasteiger partial charge in [0.25, 0.3) is 0 Å². The third kappa shape index (κ3) is 60.6. The lowest BCUT2D eigenvalue weighted by Gasteiger charge is -2.18. The Morgan fingerprint density at radius 1 is 0.280 bits per heavy atom. The number of allylic oxidation sites excluding steroid dienone is 20. The topological polar surface area (TPSA) is 78.9 Å². The smallest absolute Gasteiger partial charge is 0.306 e. The molecule has 0 saturated carbocycles. The van der Waals surface area contributed by atoms with Gasteiger partial charge in [0, 0.05) is 19.3 Å². The summed E-state index contributed by atoms with van der Waals surface area (Å²) in [5.74, 6) is -0.945. The minimum absolute atomic E-state index is 0.0973. The molecule has 0 aliphatic heterocycles.